The topological polar surface area (TPSA) is 24.9 Å². The van der Waals surface area contributed by atoms with Crippen LogP contribution < -0.4 is 0 Å². The van der Waals surface area contributed by atoms with Gasteiger partial charge in [0.25, 0.3) is 0 Å². The van der Waals surface area contributed by atoms with Crippen LogP contribution in [0.1, 0.15) is 41.5 Å². The monoisotopic (exact) mass is 242 g/mol. The van der Waals surface area contributed by atoms with E-state index in [4.69, 9.17) is 9.47 Å². The van der Waals surface area contributed by atoms with Crippen molar-refractivity contribution in [1.29, 1.82) is 0 Å². The number of ether oxygens (including phenoxy) is 2. The molecule has 2 saturated heterocycles. The van der Waals surface area contributed by atoms with Gasteiger partial charge in [-0.1, -0.05) is 0 Å². The molecule has 0 aliphatic carbocycles. The fourth-order valence-corrected chi connectivity index (χ4v) is 2.56. The predicted molar refractivity (Wildman–Crippen MR) is 67.6 cm³/mol. The molecule has 2 aliphatic heterocycles. The van der Waals surface area contributed by atoms with Gasteiger partial charge in [0, 0.05) is 11.1 Å². The van der Waals surface area contributed by atoms with Gasteiger partial charge in [-0.3, -0.25) is 0 Å². The average Bonchev–Trinajstić information content (AvgIpc) is 2.72. The molecule has 0 amide bonds. The van der Waals surface area contributed by atoms with Crippen LogP contribution in [0, 0.1) is 0 Å². The molecule has 0 atom stereocenters. The molecule has 1 spiro atoms. The van der Waals surface area contributed by atoms with E-state index in [2.05, 4.69) is 51.6 Å². The lowest BCUT2D eigenvalue weighted by atomic mass is 10.1. The van der Waals surface area contributed by atoms with Crippen molar-refractivity contribution in [2.45, 2.75) is 58.4 Å². The largest absolute Gasteiger partial charge is 0.345 e. The van der Waals surface area contributed by atoms with E-state index in [1.165, 1.54) is 0 Å². The first-order valence-electron chi connectivity index (χ1n) is 6.47. The van der Waals surface area contributed by atoms with Gasteiger partial charge in [-0.15, -0.1) is 0 Å². The number of hydrogen-bond donors (Lipinski definition) is 0. The summed E-state index contributed by atoms with van der Waals surface area (Å²) >= 11 is 0. The van der Waals surface area contributed by atoms with Gasteiger partial charge in [0.1, 0.15) is 0 Å². The summed E-state index contributed by atoms with van der Waals surface area (Å²) in [5, 5.41) is 4.77. The Kier molecular flexibility index (Phi) is 3.06. The summed E-state index contributed by atoms with van der Waals surface area (Å²) in [6, 6.07) is 0. The van der Waals surface area contributed by atoms with E-state index < -0.39 is 5.79 Å². The summed E-state index contributed by atoms with van der Waals surface area (Å²) in [6.45, 7) is 16.5. The molecule has 0 aromatic carbocycles. The van der Waals surface area contributed by atoms with Gasteiger partial charge in [-0.25, -0.2) is 10.0 Å². The van der Waals surface area contributed by atoms with E-state index in [9.17, 15) is 0 Å². The normalized spacial score (nSPS) is 27.2. The Hall–Kier alpha value is -0.160. The van der Waals surface area contributed by atoms with Crippen molar-refractivity contribution in [3.8, 4) is 0 Å². The van der Waals surface area contributed by atoms with Gasteiger partial charge < -0.3 is 9.47 Å². The molecule has 4 nitrogen and oxygen atoms in total. The molecule has 2 rings (SSSR count). The van der Waals surface area contributed by atoms with E-state index in [0.717, 1.165) is 26.3 Å². The molecule has 100 valence electrons. The number of hydrogen-bond acceptors (Lipinski definition) is 4. The fraction of sp³-hybridized carbons (Fsp3) is 1.00. The predicted octanol–water partition coefficient (Wildman–Crippen LogP) is 1.86. The van der Waals surface area contributed by atoms with Gasteiger partial charge in [0.2, 0.25) is 0 Å². The van der Waals surface area contributed by atoms with Crippen LogP contribution in [0.3, 0.4) is 0 Å². The first kappa shape index (κ1) is 13.3. The molecule has 0 N–H and O–H groups in total. The Balaban J connectivity index is 2.24. The van der Waals surface area contributed by atoms with Crippen molar-refractivity contribution in [3.05, 3.63) is 0 Å². The highest BCUT2D eigenvalue weighted by Gasteiger charge is 2.53. The van der Waals surface area contributed by atoms with Gasteiger partial charge in [0.15, 0.2) is 5.79 Å². The molecule has 0 bridgehead atoms. The molecule has 2 heterocycles. The minimum atomic E-state index is -0.402. The zero-order valence-corrected chi connectivity index (χ0v) is 12.0. The zero-order chi connectivity index (χ0) is 12.9. The lowest BCUT2D eigenvalue weighted by molar-refractivity contribution is -0.139. The van der Waals surface area contributed by atoms with Crippen LogP contribution in [0.15, 0.2) is 0 Å². The summed E-state index contributed by atoms with van der Waals surface area (Å²) in [7, 11) is 0. The third-order valence-corrected chi connectivity index (χ3v) is 3.44. The van der Waals surface area contributed by atoms with Crippen molar-refractivity contribution in [3.63, 3.8) is 0 Å². The van der Waals surface area contributed by atoms with Crippen LogP contribution in [0.2, 0.25) is 0 Å². The van der Waals surface area contributed by atoms with Crippen LogP contribution in [0.25, 0.3) is 0 Å². The molecule has 2 fully saturated rings. The van der Waals surface area contributed by atoms with Gasteiger partial charge in [-0.05, 0) is 41.5 Å². The van der Waals surface area contributed by atoms with Crippen molar-refractivity contribution in [2.24, 2.45) is 0 Å². The van der Waals surface area contributed by atoms with Gasteiger partial charge in [-0.2, -0.15) is 0 Å². The molecule has 17 heavy (non-hydrogen) atoms. The van der Waals surface area contributed by atoms with Crippen molar-refractivity contribution in [2.75, 3.05) is 26.3 Å². The Morgan fingerprint density at radius 3 is 1.41 bits per heavy atom. The fourth-order valence-electron chi connectivity index (χ4n) is 2.56. The molecule has 0 aromatic rings. The van der Waals surface area contributed by atoms with E-state index in [-0.39, 0.29) is 11.1 Å². The molecule has 0 aromatic heterocycles. The van der Waals surface area contributed by atoms with Crippen LogP contribution in [0.4, 0.5) is 0 Å². The summed E-state index contributed by atoms with van der Waals surface area (Å²) < 4.78 is 11.7. The number of hydrazine groups is 1. The average molecular weight is 242 g/mol. The minimum absolute atomic E-state index is 0.0894. The summed E-state index contributed by atoms with van der Waals surface area (Å²) in [5.74, 6) is -0.402. The first-order chi connectivity index (χ1) is 7.64. The molecule has 2 aliphatic rings. The van der Waals surface area contributed by atoms with E-state index in [1.807, 2.05) is 0 Å². The lowest BCUT2D eigenvalue weighted by Gasteiger charge is -2.44. The Morgan fingerprint density at radius 2 is 1.12 bits per heavy atom. The highest BCUT2D eigenvalue weighted by atomic mass is 16.7. The second-order valence-electron chi connectivity index (χ2n) is 7.06. The molecule has 0 radical (unpaired) electrons. The zero-order valence-electron chi connectivity index (χ0n) is 12.0. The SMILES string of the molecule is CC(C)(C)N1CC2(CN1C(C)(C)C)OCCO2. The summed E-state index contributed by atoms with van der Waals surface area (Å²) in [5.41, 5.74) is 0.179. The first-order valence-corrected chi connectivity index (χ1v) is 6.47. The maximum absolute atomic E-state index is 5.85. The molecule has 0 saturated carbocycles. The third kappa shape index (κ3) is 2.50. The van der Waals surface area contributed by atoms with Crippen molar-refractivity contribution in [1.82, 2.24) is 10.0 Å². The van der Waals surface area contributed by atoms with Crippen LogP contribution in [-0.4, -0.2) is 53.2 Å². The van der Waals surface area contributed by atoms with Crippen molar-refractivity contribution >= 4 is 0 Å². The minimum Gasteiger partial charge on any atom is -0.345 e. The van der Waals surface area contributed by atoms with E-state index in [0.29, 0.717) is 0 Å². The second-order valence-corrected chi connectivity index (χ2v) is 7.06. The molecular formula is C13H26N2O2. The van der Waals surface area contributed by atoms with Crippen molar-refractivity contribution < 1.29 is 9.47 Å². The summed E-state index contributed by atoms with van der Waals surface area (Å²) in [6.07, 6.45) is 0. The number of rotatable bonds is 0. The maximum Gasteiger partial charge on any atom is 0.196 e. The highest BCUT2D eigenvalue weighted by Crippen LogP contribution is 2.37. The molecule has 4 heteroatoms. The number of nitrogens with zero attached hydrogens (tertiary/aromatic N) is 2. The summed E-state index contributed by atoms with van der Waals surface area (Å²) in [4.78, 5) is 0. The standard InChI is InChI=1S/C13H26N2O2/c1-11(2,3)14-9-13(16-7-8-17-13)10-15(14)12(4,5)6/h7-10H2,1-6H3. The molecular weight excluding hydrogens is 216 g/mol. The van der Waals surface area contributed by atoms with E-state index in [1.54, 1.807) is 0 Å². The Bertz CT molecular complexity index is 261. The smallest absolute Gasteiger partial charge is 0.196 e. The quantitative estimate of drug-likeness (QED) is 0.647. The second kappa shape index (κ2) is 3.92. The highest BCUT2D eigenvalue weighted by molar-refractivity contribution is 4.96. The third-order valence-electron chi connectivity index (χ3n) is 3.44. The van der Waals surface area contributed by atoms with Gasteiger partial charge >= 0.3 is 0 Å². The van der Waals surface area contributed by atoms with Crippen LogP contribution in [-0.2, 0) is 9.47 Å². The van der Waals surface area contributed by atoms with Crippen LogP contribution >= 0.6 is 0 Å². The van der Waals surface area contributed by atoms with Crippen LogP contribution in [0.5, 0.6) is 0 Å². The van der Waals surface area contributed by atoms with E-state index >= 15 is 0 Å². The molecule has 0 unspecified atom stereocenters. The van der Waals surface area contributed by atoms with Gasteiger partial charge in [0.05, 0.1) is 26.3 Å². The Morgan fingerprint density at radius 1 is 0.765 bits per heavy atom. The lowest BCUT2D eigenvalue weighted by Crippen LogP contribution is -2.55. The Labute approximate surface area is 105 Å². The maximum atomic E-state index is 5.85.